The van der Waals surface area contributed by atoms with Crippen LogP contribution in [0.1, 0.15) is 32.4 Å². The number of rotatable bonds is 7. The minimum Gasteiger partial charge on any atom is -0.467 e. The molecule has 0 unspecified atom stereocenters. The van der Waals surface area contributed by atoms with Crippen LogP contribution in [0.4, 0.5) is 4.79 Å². The first-order valence-corrected chi connectivity index (χ1v) is 10.2. The SMILES string of the molecule is Cc1cc(C(=O)CN2C(=O)C(=O)N(Cc3cccs3)C2=O)c(C)n1Cc1ccco1. The number of Topliss-reactive ketones (excluding diaryl/α,β-unsaturated/α-hetero) is 1. The van der Waals surface area contributed by atoms with Crippen molar-refractivity contribution in [3.63, 3.8) is 0 Å². The maximum Gasteiger partial charge on any atom is 0.335 e. The fraction of sp³-hybridized carbons (Fsp3) is 0.238. The van der Waals surface area contributed by atoms with E-state index in [9.17, 15) is 19.2 Å². The molecule has 0 aromatic carbocycles. The number of hydrogen-bond donors (Lipinski definition) is 0. The predicted octanol–water partition coefficient (Wildman–Crippen LogP) is 2.98. The quantitative estimate of drug-likeness (QED) is 0.330. The molecule has 0 spiro atoms. The molecule has 30 heavy (non-hydrogen) atoms. The van der Waals surface area contributed by atoms with Gasteiger partial charge >= 0.3 is 17.8 Å². The van der Waals surface area contributed by atoms with Crippen molar-refractivity contribution in [2.24, 2.45) is 0 Å². The number of nitrogens with zero attached hydrogens (tertiary/aromatic N) is 3. The van der Waals surface area contributed by atoms with Crippen LogP contribution in [0.2, 0.25) is 0 Å². The molecule has 4 amide bonds. The number of amides is 4. The van der Waals surface area contributed by atoms with Gasteiger partial charge in [-0.05, 0) is 43.5 Å². The maximum absolute atomic E-state index is 12.9. The number of aromatic nitrogens is 1. The Kier molecular flexibility index (Phi) is 5.13. The molecule has 154 valence electrons. The third kappa shape index (κ3) is 3.48. The van der Waals surface area contributed by atoms with Crippen molar-refractivity contribution in [2.75, 3.05) is 6.54 Å². The Balaban J connectivity index is 1.51. The molecule has 0 bridgehead atoms. The average Bonchev–Trinajstić information content (AvgIpc) is 3.50. The predicted molar refractivity (Wildman–Crippen MR) is 108 cm³/mol. The van der Waals surface area contributed by atoms with Gasteiger partial charge in [0.2, 0.25) is 0 Å². The van der Waals surface area contributed by atoms with E-state index in [1.807, 2.05) is 22.9 Å². The van der Waals surface area contributed by atoms with Crippen LogP contribution in [0.3, 0.4) is 0 Å². The standard InChI is InChI=1S/C21H19N3O5S/c1-13-9-17(14(2)22(13)10-15-5-3-7-29-15)18(25)12-24-20(27)19(26)23(21(24)28)11-16-6-4-8-30-16/h3-9H,10-12H2,1-2H3. The monoisotopic (exact) mass is 425 g/mol. The average molecular weight is 425 g/mol. The van der Waals surface area contributed by atoms with Crippen molar-refractivity contribution < 1.29 is 23.6 Å². The van der Waals surface area contributed by atoms with E-state index < -0.39 is 30.2 Å². The van der Waals surface area contributed by atoms with E-state index in [-0.39, 0.29) is 6.54 Å². The van der Waals surface area contributed by atoms with E-state index in [1.165, 1.54) is 11.3 Å². The first kappa shape index (κ1) is 19.8. The molecule has 3 aromatic rings. The number of urea groups is 1. The zero-order chi connectivity index (χ0) is 21.4. The Labute approximate surface area is 176 Å². The third-order valence-electron chi connectivity index (χ3n) is 5.10. The molecule has 0 radical (unpaired) electrons. The van der Waals surface area contributed by atoms with Crippen LogP contribution >= 0.6 is 11.3 Å². The van der Waals surface area contributed by atoms with Gasteiger partial charge in [0.25, 0.3) is 0 Å². The van der Waals surface area contributed by atoms with Crippen LogP contribution in [-0.2, 0) is 22.7 Å². The topological polar surface area (TPSA) is 92.8 Å². The minimum absolute atomic E-state index is 0.0173. The Morgan fingerprint density at radius 3 is 2.47 bits per heavy atom. The van der Waals surface area contributed by atoms with Gasteiger partial charge in [-0.15, -0.1) is 11.3 Å². The summed E-state index contributed by atoms with van der Waals surface area (Å²) in [6, 6.07) is 8.16. The normalized spacial score (nSPS) is 14.3. The van der Waals surface area contributed by atoms with Crippen LogP contribution in [0.25, 0.3) is 0 Å². The number of hydrogen-bond acceptors (Lipinski definition) is 6. The lowest BCUT2D eigenvalue weighted by molar-refractivity contribution is -0.143. The number of aryl methyl sites for hydroxylation is 1. The van der Waals surface area contributed by atoms with Crippen molar-refractivity contribution in [1.29, 1.82) is 0 Å². The van der Waals surface area contributed by atoms with E-state index >= 15 is 0 Å². The van der Waals surface area contributed by atoms with E-state index in [0.29, 0.717) is 17.8 Å². The molecule has 3 aromatic heterocycles. The Morgan fingerprint density at radius 1 is 1.03 bits per heavy atom. The molecule has 4 rings (SSSR count). The summed E-state index contributed by atoms with van der Waals surface area (Å²) in [7, 11) is 0. The largest absolute Gasteiger partial charge is 0.467 e. The van der Waals surface area contributed by atoms with Gasteiger partial charge in [-0.25, -0.2) is 9.69 Å². The molecule has 9 heteroatoms. The minimum atomic E-state index is -0.978. The first-order chi connectivity index (χ1) is 14.4. The summed E-state index contributed by atoms with van der Waals surface area (Å²) < 4.78 is 7.30. The van der Waals surface area contributed by atoms with Gasteiger partial charge in [0, 0.05) is 21.8 Å². The first-order valence-electron chi connectivity index (χ1n) is 9.29. The zero-order valence-corrected chi connectivity index (χ0v) is 17.3. The molecular formula is C21H19N3O5S. The molecule has 1 aliphatic heterocycles. The van der Waals surface area contributed by atoms with Gasteiger partial charge in [0.05, 0.1) is 25.9 Å². The van der Waals surface area contributed by atoms with Gasteiger partial charge in [-0.3, -0.25) is 19.3 Å². The smallest absolute Gasteiger partial charge is 0.335 e. The highest BCUT2D eigenvalue weighted by molar-refractivity contribution is 7.09. The Bertz CT molecular complexity index is 1130. The van der Waals surface area contributed by atoms with Crippen LogP contribution in [0.5, 0.6) is 0 Å². The van der Waals surface area contributed by atoms with Crippen LogP contribution < -0.4 is 0 Å². The Hall–Kier alpha value is -3.46. The van der Waals surface area contributed by atoms with Crippen LogP contribution in [0, 0.1) is 13.8 Å². The van der Waals surface area contributed by atoms with Crippen LogP contribution in [0.15, 0.2) is 46.4 Å². The second-order valence-electron chi connectivity index (χ2n) is 7.02. The fourth-order valence-corrected chi connectivity index (χ4v) is 4.19. The Morgan fingerprint density at radius 2 is 1.80 bits per heavy atom. The lowest BCUT2D eigenvalue weighted by Crippen LogP contribution is -2.36. The number of furan rings is 1. The molecule has 1 aliphatic rings. The molecule has 1 fully saturated rings. The second kappa shape index (κ2) is 7.75. The summed E-state index contributed by atoms with van der Waals surface area (Å²) in [4.78, 5) is 52.5. The number of imide groups is 2. The second-order valence-corrected chi connectivity index (χ2v) is 8.05. The molecule has 1 saturated heterocycles. The summed E-state index contributed by atoms with van der Waals surface area (Å²) in [6.07, 6.45) is 1.58. The summed E-state index contributed by atoms with van der Waals surface area (Å²) in [5, 5.41) is 1.82. The highest BCUT2D eigenvalue weighted by atomic mass is 32.1. The van der Waals surface area contributed by atoms with Crippen molar-refractivity contribution in [2.45, 2.75) is 26.9 Å². The number of thiophene rings is 1. The lowest BCUT2D eigenvalue weighted by Gasteiger charge is -2.14. The summed E-state index contributed by atoms with van der Waals surface area (Å²) >= 11 is 1.38. The van der Waals surface area contributed by atoms with Crippen molar-refractivity contribution in [1.82, 2.24) is 14.4 Å². The number of carbonyl (C=O) groups is 4. The van der Waals surface area contributed by atoms with E-state index in [4.69, 9.17) is 4.42 Å². The zero-order valence-electron chi connectivity index (χ0n) is 16.5. The molecule has 8 nitrogen and oxygen atoms in total. The molecule has 4 heterocycles. The highest BCUT2D eigenvalue weighted by Gasteiger charge is 2.45. The molecule has 0 saturated carbocycles. The van der Waals surface area contributed by atoms with Gasteiger partial charge in [0.1, 0.15) is 5.76 Å². The summed E-state index contributed by atoms with van der Waals surface area (Å²) in [5.74, 6) is -1.55. The van der Waals surface area contributed by atoms with Gasteiger partial charge in [-0.2, -0.15) is 0 Å². The molecule has 0 atom stereocenters. The highest BCUT2D eigenvalue weighted by Crippen LogP contribution is 2.22. The van der Waals surface area contributed by atoms with Crippen molar-refractivity contribution in [3.8, 4) is 0 Å². The fourth-order valence-electron chi connectivity index (χ4n) is 3.50. The van der Waals surface area contributed by atoms with E-state index in [0.717, 1.165) is 26.1 Å². The molecular weight excluding hydrogens is 406 g/mol. The van der Waals surface area contributed by atoms with E-state index in [2.05, 4.69) is 0 Å². The van der Waals surface area contributed by atoms with Gasteiger partial charge in [0.15, 0.2) is 5.78 Å². The summed E-state index contributed by atoms with van der Waals surface area (Å²) in [6.45, 7) is 3.67. The molecule has 0 aliphatic carbocycles. The van der Waals surface area contributed by atoms with Gasteiger partial charge in [-0.1, -0.05) is 6.07 Å². The van der Waals surface area contributed by atoms with Crippen molar-refractivity contribution >= 4 is 35.0 Å². The maximum atomic E-state index is 12.9. The third-order valence-corrected chi connectivity index (χ3v) is 5.96. The van der Waals surface area contributed by atoms with Gasteiger partial charge < -0.3 is 8.98 Å². The molecule has 0 N–H and O–H groups in total. The summed E-state index contributed by atoms with van der Waals surface area (Å²) in [5.41, 5.74) is 1.96. The van der Waals surface area contributed by atoms with Crippen LogP contribution in [-0.4, -0.2) is 44.5 Å². The number of ketones is 1. The van der Waals surface area contributed by atoms with Crippen molar-refractivity contribution in [3.05, 3.63) is 69.6 Å². The van der Waals surface area contributed by atoms with E-state index in [1.54, 1.807) is 37.5 Å². The number of carbonyl (C=O) groups excluding carboxylic acids is 4. The lowest BCUT2D eigenvalue weighted by atomic mass is 10.1.